The van der Waals surface area contributed by atoms with E-state index in [4.69, 9.17) is 0 Å². The lowest BCUT2D eigenvalue weighted by molar-refractivity contribution is -0.119. The Bertz CT molecular complexity index is 1270. The molecule has 3 aromatic rings. The van der Waals surface area contributed by atoms with E-state index in [1.165, 1.54) is 9.87 Å². The van der Waals surface area contributed by atoms with Crippen molar-refractivity contribution in [2.75, 3.05) is 23.1 Å². The van der Waals surface area contributed by atoms with Crippen LogP contribution in [0.5, 0.6) is 0 Å². The summed E-state index contributed by atoms with van der Waals surface area (Å²) < 4.78 is 28.0. The molecule has 0 aliphatic carbocycles. The molecule has 7 heteroatoms. The van der Waals surface area contributed by atoms with E-state index in [1.54, 1.807) is 23.9 Å². The quantitative estimate of drug-likeness (QED) is 0.373. The number of hydrogen-bond donors (Lipinski definition) is 1. The number of hydrogen-bond acceptors (Lipinski definition) is 4. The van der Waals surface area contributed by atoms with Crippen molar-refractivity contribution in [2.24, 2.45) is 0 Å². The third-order valence-electron chi connectivity index (χ3n) is 5.70. The number of aryl methyl sites for hydroxylation is 1. The van der Waals surface area contributed by atoms with E-state index in [2.05, 4.69) is 43.4 Å². The first-order valence-corrected chi connectivity index (χ1v) is 13.4. The van der Waals surface area contributed by atoms with Gasteiger partial charge >= 0.3 is 0 Å². The van der Waals surface area contributed by atoms with Crippen molar-refractivity contribution in [3.63, 3.8) is 0 Å². The summed E-state index contributed by atoms with van der Waals surface area (Å²) in [6.45, 7) is 6.46. The van der Waals surface area contributed by atoms with Gasteiger partial charge in [0.05, 0.1) is 10.6 Å². The molecular weight excluding hydrogens is 452 g/mol. The van der Waals surface area contributed by atoms with E-state index < -0.39 is 10.0 Å². The first-order chi connectivity index (χ1) is 15.8. The molecule has 1 N–H and O–H groups in total. The summed E-state index contributed by atoms with van der Waals surface area (Å²) in [6.07, 6.45) is 0. The van der Waals surface area contributed by atoms with Crippen LogP contribution in [0.3, 0.4) is 0 Å². The summed E-state index contributed by atoms with van der Waals surface area (Å²) in [5.74, 6) is 0.698. The molecular formula is C26H28N2O3S2. The predicted molar refractivity (Wildman–Crippen MR) is 135 cm³/mol. The molecule has 172 valence electrons. The Morgan fingerprint density at radius 1 is 1.00 bits per heavy atom. The van der Waals surface area contributed by atoms with E-state index in [-0.39, 0.29) is 17.3 Å². The maximum absolute atomic E-state index is 13.4. The Labute approximate surface area is 200 Å². The molecule has 0 unspecified atom stereocenters. The van der Waals surface area contributed by atoms with Gasteiger partial charge in [0.15, 0.2) is 0 Å². The Morgan fingerprint density at radius 3 is 2.45 bits per heavy atom. The zero-order chi connectivity index (χ0) is 23.6. The standard InChI is InChI=1S/C26H28N2O3S2/c1-18(2)20-10-13-24-23(16-20)22-6-4-5-7-25(22)33(30,31)28(24)17-26(29)27-14-15-32-21-11-8-19(3)9-12-21/h4-13,16,18H,14-15,17H2,1-3H3,(H,27,29). The number of fused-ring (bicyclic) bond motifs is 3. The molecule has 0 bridgehead atoms. The number of nitrogens with zero attached hydrogens (tertiary/aromatic N) is 1. The Balaban J connectivity index is 1.51. The summed E-state index contributed by atoms with van der Waals surface area (Å²) in [4.78, 5) is 14.1. The highest BCUT2D eigenvalue weighted by molar-refractivity contribution is 7.99. The van der Waals surface area contributed by atoms with Gasteiger partial charge < -0.3 is 5.32 Å². The average Bonchev–Trinajstić information content (AvgIpc) is 2.80. The van der Waals surface area contributed by atoms with Gasteiger partial charge in [-0.2, -0.15) is 0 Å². The number of benzene rings is 3. The fraction of sp³-hybridized carbons (Fsp3) is 0.269. The maximum Gasteiger partial charge on any atom is 0.265 e. The molecule has 3 aromatic carbocycles. The number of carbonyl (C=O) groups is 1. The molecule has 0 spiro atoms. The number of rotatable bonds is 7. The van der Waals surface area contributed by atoms with Crippen LogP contribution in [-0.2, 0) is 14.8 Å². The smallest absolute Gasteiger partial charge is 0.265 e. The number of carbonyl (C=O) groups excluding carboxylic acids is 1. The van der Waals surface area contributed by atoms with Crippen molar-refractivity contribution < 1.29 is 13.2 Å². The monoisotopic (exact) mass is 480 g/mol. The minimum atomic E-state index is -3.83. The van der Waals surface area contributed by atoms with Gasteiger partial charge in [-0.05, 0) is 48.7 Å². The number of sulfonamides is 1. The second-order valence-electron chi connectivity index (χ2n) is 8.45. The molecule has 1 aliphatic rings. The lowest BCUT2D eigenvalue weighted by atomic mass is 9.95. The third kappa shape index (κ3) is 4.94. The third-order valence-corrected chi connectivity index (χ3v) is 8.53. The predicted octanol–water partition coefficient (Wildman–Crippen LogP) is 5.20. The van der Waals surface area contributed by atoms with Crippen LogP contribution < -0.4 is 9.62 Å². The molecule has 0 saturated heterocycles. The van der Waals surface area contributed by atoms with Crippen molar-refractivity contribution in [3.05, 3.63) is 77.9 Å². The fourth-order valence-corrected chi connectivity index (χ4v) is 6.28. The first kappa shape index (κ1) is 23.4. The van der Waals surface area contributed by atoms with Crippen LogP contribution in [0.1, 0.15) is 30.9 Å². The van der Waals surface area contributed by atoms with E-state index in [1.807, 2.05) is 37.3 Å². The zero-order valence-electron chi connectivity index (χ0n) is 19.0. The van der Waals surface area contributed by atoms with Gasteiger partial charge in [-0.15, -0.1) is 11.8 Å². The largest absolute Gasteiger partial charge is 0.354 e. The summed E-state index contributed by atoms with van der Waals surface area (Å²) in [5, 5.41) is 2.87. The lowest BCUT2D eigenvalue weighted by Crippen LogP contribution is -2.43. The highest BCUT2D eigenvalue weighted by atomic mass is 32.2. The van der Waals surface area contributed by atoms with Crippen molar-refractivity contribution >= 4 is 33.4 Å². The van der Waals surface area contributed by atoms with E-state index in [0.29, 0.717) is 29.5 Å². The van der Waals surface area contributed by atoms with Gasteiger partial charge in [0.25, 0.3) is 10.0 Å². The molecule has 0 aromatic heterocycles. The molecule has 1 aliphatic heterocycles. The first-order valence-electron chi connectivity index (χ1n) is 11.0. The molecule has 0 fully saturated rings. The zero-order valence-corrected chi connectivity index (χ0v) is 20.7. The van der Waals surface area contributed by atoms with Crippen LogP contribution in [0, 0.1) is 6.92 Å². The fourth-order valence-electron chi connectivity index (χ4n) is 3.86. The Kier molecular flexibility index (Phi) is 6.81. The number of amides is 1. The highest BCUT2D eigenvalue weighted by Crippen LogP contribution is 2.43. The highest BCUT2D eigenvalue weighted by Gasteiger charge is 2.36. The maximum atomic E-state index is 13.4. The van der Waals surface area contributed by atoms with Crippen molar-refractivity contribution in [1.82, 2.24) is 5.32 Å². The van der Waals surface area contributed by atoms with Gasteiger partial charge in [-0.3, -0.25) is 9.10 Å². The molecule has 0 atom stereocenters. The van der Waals surface area contributed by atoms with Crippen molar-refractivity contribution in [2.45, 2.75) is 36.5 Å². The lowest BCUT2D eigenvalue weighted by Gasteiger charge is -2.32. The number of nitrogens with one attached hydrogen (secondary N) is 1. The van der Waals surface area contributed by atoms with E-state index in [9.17, 15) is 13.2 Å². The van der Waals surface area contributed by atoms with Crippen LogP contribution in [0.2, 0.25) is 0 Å². The van der Waals surface area contributed by atoms with Crippen LogP contribution in [-0.4, -0.2) is 33.2 Å². The summed E-state index contributed by atoms with van der Waals surface area (Å²) in [5.41, 5.74) is 4.40. The molecule has 1 heterocycles. The minimum absolute atomic E-state index is 0.237. The Hall–Kier alpha value is -2.77. The summed E-state index contributed by atoms with van der Waals surface area (Å²) >= 11 is 1.65. The molecule has 0 radical (unpaired) electrons. The second kappa shape index (κ2) is 9.61. The van der Waals surface area contributed by atoms with Gasteiger partial charge in [-0.1, -0.05) is 55.8 Å². The number of thioether (sulfide) groups is 1. The topological polar surface area (TPSA) is 66.5 Å². The van der Waals surface area contributed by atoms with Gasteiger partial charge in [0.1, 0.15) is 6.54 Å². The van der Waals surface area contributed by atoms with Crippen LogP contribution in [0.25, 0.3) is 11.1 Å². The molecule has 4 rings (SSSR count). The number of anilines is 1. The minimum Gasteiger partial charge on any atom is -0.354 e. The van der Waals surface area contributed by atoms with Crippen molar-refractivity contribution in [1.29, 1.82) is 0 Å². The van der Waals surface area contributed by atoms with Gasteiger partial charge in [0, 0.05) is 28.3 Å². The van der Waals surface area contributed by atoms with Gasteiger partial charge in [-0.25, -0.2) is 8.42 Å². The summed E-state index contributed by atoms with van der Waals surface area (Å²) in [6, 6.07) is 21.0. The second-order valence-corrected chi connectivity index (χ2v) is 11.4. The molecule has 33 heavy (non-hydrogen) atoms. The van der Waals surface area contributed by atoms with E-state index >= 15 is 0 Å². The van der Waals surface area contributed by atoms with Crippen LogP contribution in [0.15, 0.2) is 76.5 Å². The van der Waals surface area contributed by atoms with Crippen molar-refractivity contribution in [3.8, 4) is 11.1 Å². The normalized spacial score (nSPS) is 14.0. The van der Waals surface area contributed by atoms with Gasteiger partial charge in [0.2, 0.25) is 5.91 Å². The summed E-state index contributed by atoms with van der Waals surface area (Å²) in [7, 11) is -3.83. The van der Waals surface area contributed by atoms with Crippen LogP contribution in [0.4, 0.5) is 5.69 Å². The average molecular weight is 481 g/mol. The molecule has 0 saturated carbocycles. The molecule has 5 nitrogen and oxygen atoms in total. The van der Waals surface area contributed by atoms with Crippen LogP contribution >= 0.6 is 11.8 Å². The Morgan fingerprint density at radius 2 is 1.73 bits per heavy atom. The SMILES string of the molecule is Cc1ccc(SCCNC(=O)CN2c3ccc(C(C)C)cc3-c3ccccc3S2(=O)=O)cc1. The molecule has 1 amide bonds. The van der Waals surface area contributed by atoms with E-state index in [0.717, 1.165) is 16.0 Å².